The van der Waals surface area contributed by atoms with Crippen LogP contribution in [0.4, 0.5) is 0 Å². The molecule has 1 aliphatic heterocycles. The summed E-state index contributed by atoms with van der Waals surface area (Å²) in [5, 5.41) is 0. The van der Waals surface area contributed by atoms with Crippen molar-refractivity contribution in [2.75, 3.05) is 0 Å². The maximum atomic E-state index is 6.49. The standard InChI is InChI=1S/C17H35BO2Si/c1-7-21(8-2,14-15-12-10-9-11-13-15)18-19-16(3,4)17(5,6)20-18/h15H,7-14H2,1-6H3. The molecule has 1 saturated carbocycles. The zero-order chi connectivity index (χ0) is 15.7. The van der Waals surface area contributed by atoms with E-state index in [1.165, 1.54) is 50.2 Å². The molecule has 2 aliphatic rings. The molecule has 21 heavy (non-hydrogen) atoms. The van der Waals surface area contributed by atoms with E-state index >= 15 is 0 Å². The van der Waals surface area contributed by atoms with E-state index < -0.39 is 7.94 Å². The summed E-state index contributed by atoms with van der Waals surface area (Å²) in [5.74, 6) is 0.935. The first-order valence-corrected chi connectivity index (χ1v) is 11.8. The second-order valence-electron chi connectivity index (χ2n) is 8.37. The van der Waals surface area contributed by atoms with Crippen LogP contribution in [0.15, 0.2) is 0 Å². The molecule has 0 radical (unpaired) electrons. The first kappa shape index (κ1) is 17.6. The molecule has 4 heteroatoms. The van der Waals surface area contributed by atoms with E-state index in [0.717, 1.165) is 5.92 Å². The molecule has 2 rings (SSSR count). The third-order valence-corrected chi connectivity index (χ3v) is 12.0. The summed E-state index contributed by atoms with van der Waals surface area (Å²) >= 11 is 0. The van der Waals surface area contributed by atoms with Crippen molar-refractivity contribution in [2.45, 2.75) is 103 Å². The average molecular weight is 310 g/mol. The smallest absolute Gasteiger partial charge is 0.406 e. The van der Waals surface area contributed by atoms with Crippen LogP contribution in [0.5, 0.6) is 0 Å². The molecule has 1 aliphatic carbocycles. The van der Waals surface area contributed by atoms with E-state index in [1.54, 1.807) is 0 Å². The van der Waals surface area contributed by atoms with Gasteiger partial charge in [0.2, 0.25) is 0 Å². The van der Waals surface area contributed by atoms with Crippen LogP contribution in [0.25, 0.3) is 0 Å². The Morgan fingerprint density at radius 2 is 1.38 bits per heavy atom. The molecule has 2 fully saturated rings. The van der Waals surface area contributed by atoms with Crippen LogP contribution in [0.1, 0.15) is 73.6 Å². The van der Waals surface area contributed by atoms with E-state index in [2.05, 4.69) is 41.5 Å². The van der Waals surface area contributed by atoms with E-state index in [9.17, 15) is 0 Å². The van der Waals surface area contributed by atoms with Gasteiger partial charge in [-0.2, -0.15) is 0 Å². The fraction of sp³-hybridized carbons (Fsp3) is 1.00. The average Bonchev–Trinajstić information content (AvgIpc) is 2.66. The summed E-state index contributed by atoms with van der Waals surface area (Å²) in [6, 6.07) is 3.99. The largest absolute Gasteiger partial charge is 0.433 e. The monoisotopic (exact) mass is 310 g/mol. The van der Waals surface area contributed by atoms with Crippen molar-refractivity contribution >= 4 is 14.7 Å². The van der Waals surface area contributed by atoms with Gasteiger partial charge < -0.3 is 9.31 Å². The van der Waals surface area contributed by atoms with Gasteiger partial charge in [0.25, 0.3) is 0 Å². The van der Waals surface area contributed by atoms with Gasteiger partial charge >= 0.3 is 6.71 Å². The van der Waals surface area contributed by atoms with Crippen molar-refractivity contribution in [3.05, 3.63) is 0 Å². The Balaban J connectivity index is 2.14. The molecule has 0 atom stereocenters. The number of hydrogen-bond acceptors (Lipinski definition) is 2. The summed E-state index contributed by atoms with van der Waals surface area (Å²) < 4.78 is 13.0. The molecule has 0 N–H and O–H groups in total. The summed E-state index contributed by atoms with van der Waals surface area (Å²) in [4.78, 5) is 0. The Morgan fingerprint density at radius 3 is 1.81 bits per heavy atom. The summed E-state index contributed by atoms with van der Waals surface area (Å²) in [6.45, 7) is 13.6. The minimum absolute atomic E-state index is 0.0967. The Labute approximate surface area is 133 Å². The van der Waals surface area contributed by atoms with Gasteiger partial charge in [0.05, 0.1) is 11.2 Å². The molecule has 0 spiro atoms. The van der Waals surface area contributed by atoms with Crippen LogP contribution in [0.2, 0.25) is 18.1 Å². The van der Waals surface area contributed by atoms with Crippen LogP contribution < -0.4 is 0 Å². The van der Waals surface area contributed by atoms with Crippen LogP contribution in [0.3, 0.4) is 0 Å². The zero-order valence-electron chi connectivity index (χ0n) is 15.1. The van der Waals surface area contributed by atoms with E-state index in [0.29, 0.717) is 0 Å². The SMILES string of the molecule is CC[Si](CC)(CC1CCCCC1)B1OC(C)(C)C(C)(C)O1. The van der Waals surface area contributed by atoms with Gasteiger partial charge in [-0.1, -0.05) is 64.1 Å². The van der Waals surface area contributed by atoms with E-state index in [1.807, 2.05) is 0 Å². The molecular formula is C17H35BO2Si. The lowest BCUT2D eigenvalue weighted by Gasteiger charge is -2.36. The van der Waals surface area contributed by atoms with Gasteiger partial charge in [-0.05, 0) is 33.6 Å². The van der Waals surface area contributed by atoms with Gasteiger partial charge in [0.1, 0.15) is 7.94 Å². The Morgan fingerprint density at radius 1 is 0.905 bits per heavy atom. The second kappa shape index (κ2) is 6.37. The zero-order valence-corrected chi connectivity index (χ0v) is 16.1. The molecule has 2 nitrogen and oxygen atoms in total. The summed E-state index contributed by atoms with van der Waals surface area (Å²) in [5.41, 5.74) is -0.348. The number of rotatable bonds is 5. The quantitative estimate of drug-likeness (QED) is 0.648. The predicted molar refractivity (Wildman–Crippen MR) is 94.2 cm³/mol. The topological polar surface area (TPSA) is 18.5 Å². The maximum absolute atomic E-state index is 6.49. The fourth-order valence-corrected chi connectivity index (χ4v) is 8.61. The van der Waals surface area contributed by atoms with Crippen molar-refractivity contribution in [2.24, 2.45) is 5.92 Å². The van der Waals surface area contributed by atoms with E-state index in [-0.39, 0.29) is 17.9 Å². The van der Waals surface area contributed by atoms with E-state index in [4.69, 9.17) is 9.31 Å². The Bertz CT molecular complexity index is 331. The van der Waals surface area contributed by atoms with Crippen LogP contribution >= 0.6 is 0 Å². The normalized spacial score (nSPS) is 26.3. The van der Waals surface area contributed by atoms with Crippen molar-refractivity contribution < 1.29 is 9.31 Å². The summed E-state index contributed by atoms with van der Waals surface area (Å²) in [7, 11) is -1.52. The minimum Gasteiger partial charge on any atom is -0.406 e. The molecule has 0 bridgehead atoms. The lowest BCUT2D eigenvalue weighted by molar-refractivity contribution is 0.00578. The van der Waals surface area contributed by atoms with Crippen LogP contribution in [-0.4, -0.2) is 25.9 Å². The highest BCUT2D eigenvalue weighted by Gasteiger charge is 2.59. The predicted octanol–water partition coefficient (Wildman–Crippen LogP) is 5.23. The first-order valence-electron chi connectivity index (χ1n) is 9.12. The van der Waals surface area contributed by atoms with Gasteiger partial charge in [0.15, 0.2) is 0 Å². The highest BCUT2D eigenvalue weighted by atomic mass is 28.3. The third-order valence-electron chi connectivity index (χ3n) is 6.58. The lowest BCUT2D eigenvalue weighted by Crippen LogP contribution is -2.53. The lowest BCUT2D eigenvalue weighted by atomic mass is 9.90. The van der Waals surface area contributed by atoms with Gasteiger partial charge in [-0.15, -0.1) is 0 Å². The van der Waals surface area contributed by atoms with Crippen LogP contribution in [-0.2, 0) is 9.31 Å². The maximum Gasteiger partial charge on any atom is 0.433 e. The highest BCUT2D eigenvalue weighted by Crippen LogP contribution is 2.44. The molecule has 1 heterocycles. The first-order chi connectivity index (χ1) is 9.76. The second-order valence-corrected chi connectivity index (χ2v) is 13.4. The van der Waals surface area contributed by atoms with Gasteiger partial charge in [0, 0.05) is 0 Å². The van der Waals surface area contributed by atoms with Gasteiger partial charge in [-0.25, -0.2) is 0 Å². The molecule has 122 valence electrons. The van der Waals surface area contributed by atoms with Crippen molar-refractivity contribution in [3.63, 3.8) is 0 Å². The molecule has 0 aromatic heterocycles. The minimum atomic E-state index is -1.52. The molecule has 1 saturated heterocycles. The molecule has 0 aromatic rings. The van der Waals surface area contributed by atoms with Crippen molar-refractivity contribution in [1.29, 1.82) is 0 Å². The van der Waals surface area contributed by atoms with Crippen LogP contribution in [0, 0.1) is 5.92 Å². The van der Waals surface area contributed by atoms with Crippen molar-refractivity contribution in [1.82, 2.24) is 0 Å². The molecule has 0 unspecified atom stereocenters. The van der Waals surface area contributed by atoms with Crippen molar-refractivity contribution in [3.8, 4) is 0 Å². The summed E-state index contributed by atoms with van der Waals surface area (Å²) in [6.07, 6.45) is 7.19. The third kappa shape index (κ3) is 3.43. The Hall–Kier alpha value is 0.202. The van der Waals surface area contributed by atoms with Gasteiger partial charge in [-0.3, -0.25) is 0 Å². The Kier molecular flexibility index (Phi) is 5.32. The molecular weight excluding hydrogens is 275 g/mol. The fourth-order valence-electron chi connectivity index (χ4n) is 4.03. The number of hydrogen-bond donors (Lipinski definition) is 0. The highest BCUT2D eigenvalue weighted by molar-refractivity contribution is 7.28. The molecule has 0 aromatic carbocycles. The molecule has 0 amide bonds.